The topological polar surface area (TPSA) is 70.2 Å². The fourth-order valence-electron chi connectivity index (χ4n) is 2.30. The quantitative estimate of drug-likeness (QED) is 0.860. The second-order valence-corrected chi connectivity index (χ2v) is 6.25. The molecule has 0 bridgehead atoms. The van der Waals surface area contributed by atoms with E-state index in [2.05, 4.69) is 15.3 Å². The molecule has 0 aliphatic carbocycles. The first-order valence-corrected chi connectivity index (χ1v) is 7.06. The van der Waals surface area contributed by atoms with Crippen LogP contribution in [-0.4, -0.2) is 52.2 Å². The summed E-state index contributed by atoms with van der Waals surface area (Å²) in [5.41, 5.74) is 0.570. The molecule has 1 aromatic heterocycles. The fraction of sp³-hybridized carbons (Fsp3) is 0.714. The molecule has 0 radical (unpaired) electrons. The molecular weight excluding hydrogens is 256 g/mol. The summed E-state index contributed by atoms with van der Waals surface area (Å²) in [7, 11) is 0. The van der Waals surface area contributed by atoms with Gasteiger partial charge < -0.3 is 19.9 Å². The number of aromatic amines is 1. The third-order valence-electron chi connectivity index (χ3n) is 3.16. The van der Waals surface area contributed by atoms with Crippen molar-refractivity contribution in [2.24, 2.45) is 0 Å². The maximum absolute atomic E-state index is 12.3. The Hall–Kier alpha value is -1.56. The van der Waals surface area contributed by atoms with E-state index in [9.17, 15) is 4.79 Å². The van der Waals surface area contributed by atoms with Crippen molar-refractivity contribution in [1.29, 1.82) is 0 Å². The van der Waals surface area contributed by atoms with Crippen LogP contribution in [0.25, 0.3) is 0 Å². The van der Waals surface area contributed by atoms with Crippen molar-refractivity contribution in [1.82, 2.24) is 20.2 Å². The van der Waals surface area contributed by atoms with Crippen molar-refractivity contribution in [3.8, 4) is 0 Å². The van der Waals surface area contributed by atoms with E-state index < -0.39 is 5.60 Å². The molecule has 1 fully saturated rings. The molecule has 112 valence electrons. The number of H-pyrrole nitrogens is 1. The van der Waals surface area contributed by atoms with Gasteiger partial charge in [-0.1, -0.05) is 0 Å². The molecule has 20 heavy (non-hydrogen) atoms. The summed E-state index contributed by atoms with van der Waals surface area (Å²) < 4.78 is 5.48. The zero-order chi connectivity index (χ0) is 14.8. The number of aryl methyl sites for hydroxylation is 1. The van der Waals surface area contributed by atoms with Crippen molar-refractivity contribution in [2.75, 3.05) is 19.6 Å². The summed E-state index contributed by atoms with van der Waals surface area (Å²) in [5.74, 6) is 0.907. The van der Waals surface area contributed by atoms with E-state index in [1.165, 1.54) is 0 Å². The van der Waals surface area contributed by atoms with Crippen molar-refractivity contribution >= 4 is 6.09 Å². The lowest BCUT2D eigenvalue weighted by Crippen LogP contribution is -2.55. The first-order valence-electron chi connectivity index (χ1n) is 7.06. The molecule has 1 aromatic rings. The standard InChI is InChI=1S/C14H24N4O2/c1-10-8-16-12(17-10)7-11-9-15-5-6-18(11)13(19)20-14(2,3)4/h8,11,15H,5-7,9H2,1-4H3,(H,16,17)/t11-/m0/s1. The molecule has 0 saturated carbocycles. The van der Waals surface area contributed by atoms with Crippen LogP contribution in [0, 0.1) is 6.92 Å². The third-order valence-corrected chi connectivity index (χ3v) is 3.16. The van der Waals surface area contributed by atoms with Gasteiger partial charge in [0.2, 0.25) is 0 Å². The van der Waals surface area contributed by atoms with Crippen molar-refractivity contribution in [3.05, 3.63) is 17.7 Å². The SMILES string of the molecule is Cc1cnc(C[C@H]2CNCCN2C(=O)OC(C)(C)C)[nH]1. The highest BCUT2D eigenvalue weighted by Crippen LogP contribution is 2.15. The van der Waals surface area contributed by atoms with E-state index >= 15 is 0 Å². The Bertz CT molecular complexity index is 464. The predicted octanol–water partition coefficient (Wildman–Crippen LogP) is 1.47. The van der Waals surface area contributed by atoms with Gasteiger partial charge in [0.25, 0.3) is 0 Å². The smallest absolute Gasteiger partial charge is 0.410 e. The first-order chi connectivity index (χ1) is 9.35. The van der Waals surface area contributed by atoms with Crippen LogP contribution in [0.1, 0.15) is 32.3 Å². The summed E-state index contributed by atoms with van der Waals surface area (Å²) in [6, 6.07) is 0.0733. The normalized spacial score (nSPS) is 20.0. The molecule has 0 unspecified atom stereocenters. The van der Waals surface area contributed by atoms with Gasteiger partial charge in [0.15, 0.2) is 0 Å². The third kappa shape index (κ3) is 3.96. The Morgan fingerprint density at radius 1 is 1.55 bits per heavy atom. The maximum Gasteiger partial charge on any atom is 0.410 e. The highest BCUT2D eigenvalue weighted by Gasteiger charge is 2.30. The zero-order valence-corrected chi connectivity index (χ0v) is 12.7. The summed E-state index contributed by atoms with van der Waals surface area (Å²) >= 11 is 0. The molecule has 1 atom stereocenters. The van der Waals surface area contributed by atoms with Crippen LogP contribution < -0.4 is 5.32 Å². The number of aromatic nitrogens is 2. The minimum Gasteiger partial charge on any atom is -0.444 e. The Morgan fingerprint density at radius 3 is 2.90 bits per heavy atom. The number of nitrogens with one attached hydrogen (secondary N) is 2. The molecule has 1 saturated heterocycles. The number of hydrogen-bond donors (Lipinski definition) is 2. The highest BCUT2D eigenvalue weighted by molar-refractivity contribution is 5.68. The van der Waals surface area contributed by atoms with Gasteiger partial charge in [0.05, 0.1) is 6.04 Å². The average Bonchev–Trinajstić information content (AvgIpc) is 2.73. The monoisotopic (exact) mass is 280 g/mol. The van der Waals surface area contributed by atoms with Gasteiger partial charge in [-0.15, -0.1) is 0 Å². The van der Waals surface area contributed by atoms with E-state index in [-0.39, 0.29) is 12.1 Å². The Morgan fingerprint density at radius 2 is 2.30 bits per heavy atom. The van der Waals surface area contributed by atoms with E-state index in [4.69, 9.17) is 4.74 Å². The predicted molar refractivity (Wildman–Crippen MR) is 76.6 cm³/mol. The second kappa shape index (κ2) is 5.83. The number of imidazole rings is 1. The van der Waals surface area contributed by atoms with Crippen LogP contribution >= 0.6 is 0 Å². The lowest BCUT2D eigenvalue weighted by atomic mass is 10.1. The molecule has 6 nitrogen and oxygen atoms in total. The van der Waals surface area contributed by atoms with Crippen LogP contribution in [0.5, 0.6) is 0 Å². The first kappa shape index (κ1) is 14.8. The molecular formula is C14H24N4O2. The van der Waals surface area contributed by atoms with Crippen molar-refractivity contribution in [2.45, 2.75) is 45.8 Å². The number of ether oxygens (including phenoxy) is 1. The van der Waals surface area contributed by atoms with Crippen LogP contribution in [0.4, 0.5) is 4.79 Å². The van der Waals surface area contributed by atoms with Gasteiger partial charge in [-0.2, -0.15) is 0 Å². The van der Waals surface area contributed by atoms with Crippen molar-refractivity contribution < 1.29 is 9.53 Å². The van der Waals surface area contributed by atoms with Gasteiger partial charge in [0, 0.05) is 37.9 Å². The second-order valence-electron chi connectivity index (χ2n) is 6.25. The van der Waals surface area contributed by atoms with Gasteiger partial charge >= 0.3 is 6.09 Å². The summed E-state index contributed by atoms with van der Waals surface area (Å²) in [6.07, 6.45) is 2.27. The van der Waals surface area contributed by atoms with Gasteiger partial charge in [-0.3, -0.25) is 0 Å². The zero-order valence-electron chi connectivity index (χ0n) is 12.7. The summed E-state index contributed by atoms with van der Waals surface area (Å²) in [4.78, 5) is 21.6. The number of piperazine rings is 1. The van der Waals surface area contributed by atoms with E-state index in [0.29, 0.717) is 13.0 Å². The maximum atomic E-state index is 12.3. The highest BCUT2D eigenvalue weighted by atomic mass is 16.6. The molecule has 1 aliphatic heterocycles. The molecule has 6 heteroatoms. The molecule has 1 amide bonds. The molecule has 2 rings (SSSR count). The fourth-order valence-corrected chi connectivity index (χ4v) is 2.30. The number of amides is 1. The van der Waals surface area contributed by atoms with E-state index in [1.54, 1.807) is 4.90 Å². The Kier molecular flexibility index (Phi) is 4.32. The Labute approximate surface area is 119 Å². The van der Waals surface area contributed by atoms with Gasteiger partial charge in [0.1, 0.15) is 11.4 Å². The number of hydrogen-bond acceptors (Lipinski definition) is 4. The number of rotatable bonds is 2. The van der Waals surface area contributed by atoms with Crippen LogP contribution in [0.3, 0.4) is 0 Å². The minimum absolute atomic E-state index is 0.0733. The van der Waals surface area contributed by atoms with Crippen LogP contribution in [0.15, 0.2) is 6.20 Å². The lowest BCUT2D eigenvalue weighted by Gasteiger charge is -2.36. The molecule has 2 N–H and O–H groups in total. The molecule has 0 spiro atoms. The summed E-state index contributed by atoms with van der Waals surface area (Å²) in [5, 5.41) is 3.32. The average molecular weight is 280 g/mol. The molecule has 2 heterocycles. The molecule has 1 aliphatic rings. The van der Waals surface area contributed by atoms with Gasteiger partial charge in [-0.25, -0.2) is 9.78 Å². The summed E-state index contributed by atoms with van der Waals surface area (Å²) in [6.45, 7) is 9.86. The number of nitrogens with zero attached hydrogens (tertiary/aromatic N) is 2. The van der Waals surface area contributed by atoms with Crippen LogP contribution in [0.2, 0.25) is 0 Å². The van der Waals surface area contributed by atoms with Gasteiger partial charge in [-0.05, 0) is 27.7 Å². The largest absolute Gasteiger partial charge is 0.444 e. The lowest BCUT2D eigenvalue weighted by molar-refractivity contribution is 0.0120. The molecule has 0 aromatic carbocycles. The number of carbonyl (C=O) groups is 1. The van der Waals surface area contributed by atoms with Crippen LogP contribution in [-0.2, 0) is 11.2 Å². The number of carbonyl (C=O) groups excluding carboxylic acids is 1. The minimum atomic E-state index is -0.465. The van der Waals surface area contributed by atoms with Crippen molar-refractivity contribution in [3.63, 3.8) is 0 Å². The Balaban J connectivity index is 2.03. The van der Waals surface area contributed by atoms with E-state index in [0.717, 1.165) is 24.6 Å². The van der Waals surface area contributed by atoms with E-state index in [1.807, 2.05) is 33.9 Å².